The number of rotatable bonds is 8. The lowest BCUT2D eigenvalue weighted by Gasteiger charge is -2.14. The van der Waals surface area contributed by atoms with Crippen molar-refractivity contribution in [2.45, 2.75) is 33.3 Å². The molecule has 5 nitrogen and oxygen atoms in total. The molecule has 0 atom stereocenters. The summed E-state index contributed by atoms with van der Waals surface area (Å²) in [7, 11) is 0. The molecule has 1 aromatic heterocycles. The van der Waals surface area contributed by atoms with Crippen molar-refractivity contribution < 1.29 is 13.5 Å². The fourth-order valence-electron chi connectivity index (χ4n) is 3.67. The van der Waals surface area contributed by atoms with E-state index in [1.165, 1.54) is 0 Å². The molecular formula is C27H26Cl2N2O3S. The van der Waals surface area contributed by atoms with Gasteiger partial charge in [-0.1, -0.05) is 47.5 Å². The van der Waals surface area contributed by atoms with Crippen molar-refractivity contribution >= 4 is 35.5 Å². The number of benzene rings is 3. The van der Waals surface area contributed by atoms with Gasteiger partial charge in [0.2, 0.25) is 12.3 Å². The maximum Gasteiger partial charge on any atom is 0.225 e. The Morgan fingerprint density at radius 2 is 1.77 bits per heavy atom. The smallest absolute Gasteiger partial charge is 0.225 e. The highest BCUT2D eigenvalue weighted by molar-refractivity contribution is 7.90. The predicted octanol–water partition coefficient (Wildman–Crippen LogP) is 8.03. The molecule has 182 valence electrons. The number of hydrogen-bond acceptors (Lipinski definition) is 5. The first-order valence-electron chi connectivity index (χ1n) is 11.1. The Morgan fingerprint density at radius 1 is 1.03 bits per heavy atom. The lowest BCUT2D eigenvalue weighted by Crippen LogP contribution is -2.15. The van der Waals surface area contributed by atoms with Crippen LogP contribution in [0.4, 0.5) is 0 Å². The van der Waals surface area contributed by atoms with Gasteiger partial charge in [-0.2, -0.15) is 0 Å². The predicted molar refractivity (Wildman–Crippen MR) is 144 cm³/mol. The maximum absolute atomic E-state index is 10.7. The van der Waals surface area contributed by atoms with E-state index >= 15 is 0 Å². The van der Waals surface area contributed by atoms with Gasteiger partial charge in [0.15, 0.2) is 0 Å². The van der Waals surface area contributed by atoms with Gasteiger partial charge >= 0.3 is 0 Å². The van der Waals surface area contributed by atoms with Crippen molar-refractivity contribution in [3.63, 3.8) is 0 Å². The summed E-state index contributed by atoms with van der Waals surface area (Å²) in [6.45, 7) is 7.93. The van der Waals surface area contributed by atoms with Crippen LogP contribution in [0.2, 0.25) is 10.0 Å². The van der Waals surface area contributed by atoms with Crippen LogP contribution in [0.1, 0.15) is 32.0 Å². The second kappa shape index (κ2) is 10.6. The van der Waals surface area contributed by atoms with Crippen LogP contribution in [-0.4, -0.2) is 21.3 Å². The maximum atomic E-state index is 10.7. The normalized spacial score (nSPS) is 11.6. The molecule has 0 radical (unpaired) electrons. The number of aromatic nitrogens is 2. The zero-order chi connectivity index (χ0) is 25.2. The molecule has 3 aromatic carbocycles. The minimum Gasteiger partial charge on any atom is -0.400 e. The summed E-state index contributed by atoms with van der Waals surface area (Å²) in [5.74, 6) is 1.32. The Kier molecular flexibility index (Phi) is 7.79. The van der Waals surface area contributed by atoms with E-state index in [2.05, 4.69) is 6.07 Å². The van der Waals surface area contributed by atoms with Crippen LogP contribution in [0.3, 0.4) is 0 Å². The molecule has 0 fully saturated rings. The number of aryl methyl sites for hydroxylation is 1. The van der Waals surface area contributed by atoms with Crippen LogP contribution in [0.5, 0.6) is 5.75 Å². The molecule has 0 saturated carbocycles. The molecule has 0 unspecified atom stereocenters. The van der Waals surface area contributed by atoms with Crippen LogP contribution in [0.15, 0.2) is 66.9 Å². The Morgan fingerprint density at radius 3 is 2.49 bits per heavy atom. The van der Waals surface area contributed by atoms with E-state index in [1.807, 2.05) is 73.1 Å². The number of nitrogens with zero attached hydrogens (tertiary/aromatic N) is 2. The van der Waals surface area contributed by atoms with E-state index in [0.717, 1.165) is 34.7 Å². The standard InChI is InChI=1S/C27H26Cl2N2O3S/c1-5-33-35-34-20-9-6-8-18(15-20)19-12-13-23(17(2)14-19)31-16-24(27(3,4)32)30-26(31)21-10-7-11-22(28)25(21)29/h6-16,32H,5H2,1-4H3. The van der Waals surface area contributed by atoms with Crippen molar-refractivity contribution in [3.8, 4) is 34.0 Å². The summed E-state index contributed by atoms with van der Waals surface area (Å²) in [6, 6.07) is 19.5. The molecule has 4 rings (SSSR count). The minimum absolute atomic E-state index is 0.416. The second-order valence-electron chi connectivity index (χ2n) is 8.57. The average molecular weight is 529 g/mol. The van der Waals surface area contributed by atoms with Crippen molar-refractivity contribution in [1.82, 2.24) is 9.55 Å². The van der Waals surface area contributed by atoms with Gasteiger partial charge in [-0.05, 0) is 80.8 Å². The first kappa shape index (κ1) is 25.6. The molecule has 0 saturated heterocycles. The Bertz CT molecular complexity index is 1350. The van der Waals surface area contributed by atoms with Crippen LogP contribution < -0.4 is 4.18 Å². The molecule has 4 aromatic rings. The molecular weight excluding hydrogens is 503 g/mol. The summed E-state index contributed by atoms with van der Waals surface area (Å²) in [5.41, 5.74) is 4.11. The highest BCUT2D eigenvalue weighted by Crippen LogP contribution is 2.37. The van der Waals surface area contributed by atoms with Crippen LogP contribution >= 0.6 is 35.5 Å². The van der Waals surface area contributed by atoms with E-state index in [4.69, 9.17) is 36.6 Å². The van der Waals surface area contributed by atoms with Gasteiger partial charge in [-0.25, -0.2) is 4.98 Å². The van der Waals surface area contributed by atoms with Gasteiger partial charge in [0, 0.05) is 11.8 Å². The average Bonchev–Trinajstić information content (AvgIpc) is 3.27. The Labute approximate surface area is 220 Å². The summed E-state index contributed by atoms with van der Waals surface area (Å²) >= 11 is 13.8. The molecule has 35 heavy (non-hydrogen) atoms. The van der Waals surface area contributed by atoms with Crippen molar-refractivity contribution in [1.29, 1.82) is 0 Å². The van der Waals surface area contributed by atoms with E-state index in [1.54, 1.807) is 19.9 Å². The van der Waals surface area contributed by atoms with E-state index < -0.39 is 5.60 Å². The number of aliphatic hydroxyl groups is 1. The van der Waals surface area contributed by atoms with Gasteiger partial charge in [0.25, 0.3) is 0 Å². The largest absolute Gasteiger partial charge is 0.400 e. The van der Waals surface area contributed by atoms with Gasteiger partial charge in [0.05, 0.1) is 28.0 Å². The third-order valence-electron chi connectivity index (χ3n) is 5.45. The van der Waals surface area contributed by atoms with Crippen molar-refractivity contribution in [3.05, 3.63) is 88.2 Å². The fourth-order valence-corrected chi connectivity index (χ4v) is 4.38. The van der Waals surface area contributed by atoms with Crippen molar-refractivity contribution in [2.75, 3.05) is 6.61 Å². The summed E-state index contributed by atoms with van der Waals surface area (Å²) in [4.78, 5) is 4.74. The van der Waals surface area contributed by atoms with Crippen LogP contribution in [0, 0.1) is 6.92 Å². The van der Waals surface area contributed by atoms with E-state index in [9.17, 15) is 5.11 Å². The van der Waals surface area contributed by atoms with Gasteiger partial charge < -0.3 is 9.29 Å². The van der Waals surface area contributed by atoms with Crippen LogP contribution in [-0.2, 0) is 9.78 Å². The molecule has 0 amide bonds. The Balaban J connectivity index is 1.77. The summed E-state index contributed by atoms with van der Waals surface area (Å²) < 4.78 is 12.7. The van der Waals surface area contributed by atoms with Gasteiger partial charge in [-0.3, -0.25) is 8.75 Å². The number of halogens is 2. The van der Waals surface area contributed by atoms with Crippen molar-refractivity contribution in [2.24, 2.45) is 0 Å². The summed E-state index contributed by atoms with van der Waals surface area (Å²) in [5, 5.41) is 11.5. The molecule has 0 bridgehead atoms. The third-order valence-corrected chi connectivity index (χ3v) is 6.86. The fraction of sp³-hybridized carbons (Fsp3) is 0.222. The molecule has 0 aliphatic carbocycles. The number of imidazole rings is 1. The summed E-state index contributed by atoms with van der Waals surface area (Å²) in [6.07, 6.45) is 1.84. The lowest BCUT2D eigenvalue weighted by molar-refractivity contribution is 0.0743. The Hall–Kier alpha value is -2.48. The molecule has 8 heteroatoms. The molecule has 1 N–H and O–H groups in total. The van der Waals surface area contributed by atoms with E-state index in [0.29, 0.717) is 39.5 Å². The van der Waals surface area contributed by atoms with Gasteiger partial charge in [-0.15, -0.1) is 0 Å². The highest BCUT2D eigenvalue weighted by Gasteiger charge is 2.24. The molecule has 1 heterocycles. The van der Waals surface area contributed by atoms with Gasteiger partial charge in [0.1, 0.15) is 17.2 Å². The first-order valence-corrected chi connectivity index (χ1v) is 12.6. The molecule has 0 aliphatic rings. The molecule has 0 aliphatic heterocycles. The minimum atomic E-state index is -1.13. The monoisotopic (exact) mass is 528 g/mol. The second-order valence-corrected chi connectivity index (χ2v) is 9.89. The zero-order valence-electron chi connectivity index (χ0n) is 19.9. The SMILES string of the molecule is CCOSOc1cccc(-c2ccc(-n3cc(C(C)(C)O)nc3-c3cccc(Cl)c3Cl)c(C)c2)c1. The number of hydrogen-bond donors (Lipinski definition) is 1. The topological polar surface area (TPSA) is 56.5 Å². The first-order chi connectivity index (χ1) is 16.7. The quantitative estimate of drug-likeness (QED) is 0.185. The van der Waals surface area contributed by atoms with Crippen LogP contribution in [0.25, 0.3) is 28.2 Å². The zero-order valence-corrected chi connectivity index (χ0v) is 22.2. The third kappa shape index (κ3) is 5.68. The highest BCUT2D eigenvalue weighted by atomic mass is 35.5. The lowest BCUT2D eigenvalue weighted by atomic mass is 10.0. The van der Waals surface area contributed by atoms with E-state index in [-0.39, 0.29) is 0 Å². The molecule has 0 spiro atoms.